The molecule has 2 rings (SSSR count). The number of hydrogen-bond donors (Lipinski definition) is 0. The molecule has 0 spiro atoms. The van der Waals surface area contributed by atoms with Crippen LogP contribution in [0.1, 0.15) is 32.6 Å². The van der Waals surface area contributed by atoms with E-state index in [-0.39, 0.29) is 5.97 Å². The highest BCUT2D eigenvalue weighted by Crippen LogP contribution is 2.18. The number of benzene rings is 2. The van der Waals surface area contributed by atoms with Crippen molar-refractivity contribution in [3.8, 4) is 5.75 Å². The van der Waals surface area contributed by atoms with Crippen LogP contribution in [0.25, 0.3) is 0 Å². The predicted molar refractivity (Wildman–Crippen MR) is 76.8 cm³/mol. The fourth-order valence-corrected chi connectivity index (χ4v) is 1.81. The maximum atomic E-state index is 12.1. The molecule has 0 bridgehead atoms. The van der Waals surface area contributed by atoms with Gasteiger partial charge >= 0.3 is 5.97 Å². The minimum absolute atomic E-state index is 0.314. The molecule has 0 aromatic heterocycles. The van der Waals surface area contributed by atoms with Crippen LogP contribution in [0.4, 0.5) is 0 Å². The quantitative estimate of drug-likeness (QED) is 0.594. The first-order valence-corrected chi connectivity index (χ1v) is 6.34. The summed E-state index contributed by atoms with van der Waals surface area (Å²) < 4.78 is 5.39. The molecule has 0 unspecified atom stereocenters. The van der Waals surface area contributed by atoms with E-state index in [1.54, 1.807) is 6.07 Å². The van der Waals surface area contributed by atoms with Crippen molar-refractivity contribution in [1.29, 1.82) is 0 Å². The third-order valence-corrected chi connectivity index (χ3v) is 3.43. The van der Waals surface area contributed by atoms with Gasteiger partial charge in [-0.15, -0.1) is 0 Å². The SMILES string of the molecule is Cc1ccc(OC(=O)c2ccc(C)c(C)c2)cc1C. The van der Waals surface area contributed by atoms with Crippen molar-refractivity contribution < 1.29 is 9.53 Å². The van der Waals surface area contributed by atoms with Crippen molar-refractivity contribution in [2.24, 2.45) is 0 Å². The third-order valence-electron chi connectivity index (χ3n) is 3.43. The Morgan fingerprint density at radius 3 is 1.95 bits per heavy atom. The zero-order valence-electron chi connectivity index (χ0n) is 11.8. The van der Waals surface area contributed by atoms with E-state index in [2.05, 4.69) is 0 Å². The van der Waals surface area contributed by atoms with Gasteiger partial charge in [0.05, 0.1) is 5.56 Å². The van der Waals surface area contributed by atoms with Gasteiger partial charge in [0.25, 0.3) is 0 Å². The van der Waals surface area contributed by atoms with Gasteiger partial charge in [-0.3, -0.25) is 0 Å². The summed E-state index contributed by atoms with van der Waals surface area (Å²) in [7, 11) is 0. The number of esters is 1. The summed E-state index contributed by atoms with van der Waals surface area (Å²) in [4.78, 5) is 12.1. The number of ether oxygens (including phenoxy) is 1. The number of hydrogen-bond acceptors (Lipinski definition) is 2. The normalized spacial score (nSPS) is 10.3. The fourth-order valence-electron chi connectivity index (χ4n) is 1.81. The van der Waals surface area contributed by atoms with Gasteiger partial charge in [-0.1, -0.05) is 12.1 Å². The summed E-state index contributed by atoms with van der Waals surface area (Å²) in [5.41, 5.74) is 5.15. The Bertz CT molecular complexity index is 627. The van der Waals surface area contributed by atoms with Crippen molar-refractivity contribution in [3.63, 3.8) is 0 Å². The number of carbonyl (C=O) groups is 1. The van der Waals surface area contributed by atoms with Crippen molar-refractivity contribution >= 4 is 5.97 Å². The van der Waals surface area contributed by atoms with Gasteiger partial charge in [-0.05, 0) is 74.2 Å². The van der Waals surface area contributed by atoms with E-state index in [9.17, 15) is 4.79 Å². The molecule has 0 N–H and O–H groups in total. The minimum Gasteiger partial charge on any atom is -0.423 e. The topological polar surface area (TPSA) is 26.3 Å². The monoisotopic (exact) mass is 254 g/mol. The average molecular weight is 254 g/mol. The molecule has 2 nitrogen and oxygen atoms in total. The smallest absolute Gasteiger partial charge is 0.343 e. The number of aryl methyl sites for hydroxylation is 4. The summed E-state index contributed by atoms with van der Waals surface area (Å²) in [6, 6.07) is 11.3. The van der Waals surface area contributed by atoms with E-state index < -0.39 is 0 Å². The van der Waals surface area contributed by atoms with Crippen LogP contribution in [-0.2, 0) is 0 Å². The molecule has 0 fully saturated rings. The van der Waals surface area contributed by atoms with Crippen molar-refractivity contribution in [3.05, 3.63) is 64.2 Å². The second kappa shape index (κ2) is 5.27. The summed E-state index contributed by atoms with van der Waals surface area (Å²) in [5, 5.41) is 0. The van der Waals surface area contributed by atoms with E-state index in [0.717, 1.165) is 11.1 Å². The molecule has 0 saturated carbocycles. The molecule has 0 radical (unpaired) electrons. The largest absolute Gasteiger partial charge is 0.423 e. The molecular weight excluding hydrogens is 236 g/mol. The molecule has 2 aromatic rings. The van der Waals surface area contributed by atoms with Crippen LogP contribution >= 0.6 is 0 Å². The summed E-state index contributed by atoms with van der Waals surface area (Å²) >= 11 is 0. The second-order valence-electron chi connectivity index (χ2n) is 4.93. The highest BCUT2D eigenvalue weighted by atomic mass is 16.5. The van der Waals surface area contributed by atoms with Gasteiger partial charge in [0, 0.05) is 0 Å². The first-order chi connectivity index (χ1) is 8.97. The van der Waals surface area contributed by atoms with Gasteiger partial charge in [-0.2, -0.15) is 0 Å². The third kappa shape index (κ3) is 3.02. The van der Waals surface area contributed by atoms with E-state index in [4.69, 9.17) is 4.74 Å². The average Bonchev–Trinajstić information content (AvgIpc) is 2.37. The van der Waals surface area contributed by atoms with Crippen LogP contribution in [-0.4, -0.2) is 5.97 Å². The molecule has 2 aromatic carbocycles. The second-order valence-corrected chi connectivity index (χ2v) is 4.93. The lowest BCUT2D eigenvalue weighted by molar-refractivity contribution is 0.0734. The highest BCUT2D eigenvalue weighted by Gasteiger charge is 2.09. The Hall–Kier alpha value is -2.09. The van der Waals surface area contributed by atoms with E-state index in [0.29, 0.717) is 11.3 Å². The Kier molecular flexibility index (Phi) is 3.70. The van der Waals surface area contributed by atoms with Gasteiger partial charge in [-0.25, -0.2) is 4.79 Å². The van der Waals surface area contributed by atoms with E-state index in [1.807, 2.05) is 58.0 Å². The Morgan fingerprint density at radius 1 is 0.789 bits per heavy atom. The molecule has 19 heavy (non-hydrogen) atoms. The van der Waals surface area contributed by atoms with Gasteiger partial charge in [0.1, 0.15) is 5.75 Å². The molecule has 2 heteroatoms. The van der Waals surface area contributed by atoms with Crippen LogP contribution in [0.2, 0.25) is 0 Å². The van der Waals surface area contributed by atoms with Crippen LogP contribution in [0.15, 0.2) is 36.4 Å². The first-order valence-electron chi connectivity index (χ1n) is 6.34. The van der Waals surface area contributed by atoms with Crippen molar-refractivity contribution in [2.75, 3.05) is 0 Å². The molecule has 0 aliphatic heterocycles. The van der Waals surface area contributed by atoms with E-state index >= 15 is 0 Å². The Balaban J connectivity index is 2.20. The molecule has 0 heterocycles. The minimum atomic E-state index is -0.314. The van der Waals surface area contributed by atoms with Crippen LogP contribution in [0, 0.1) is 27.7 Å². The van der Waals surface area contributed by atoms with Gasteiger partial charge in [0.2, 0.25) is 0 Å². The van der Waals surface area contributed by atoms with Gasteiger partial charge in [0.15, 0.2) is 0 Å². The molecule has 98 valence electrons. The van der Waals surface area contributed by atoms with Crippen molar-refractivity contribution in [1.82, 2.24) is 0 Å². The van der Waals surface area contributed by atoms with Crippen LogP contribution in [0.3, 0.4) is 0 Å². The summed E-state index contributed by atoms with van der Waals surface area (Å²) in [5.74, 6) is 0.276. The summed E-state index contributed by atoms with van der Waals surface area (Å²) in [6.45, 7) is 8.04. The van der Waals surface area contributed by atoms with Crippen molar-refractivity contribution in [2.45, 2.75) is 27.7 Å². The molecule has 0 aliphatic rings. The lowest BCUT2D eigenvalue weighted by Gasteiger charge is -2.08. The van der Waals surface area contributed by atoms with Gasteiger partial charge < -0.3 is 4.74 Å². The maximum Gasteiger partial charge on any atom is 0.343 e. The maximum absolute atomic E-state index is 12.1. The number of carbonyl (C=O) groups excluding carboxylic acids is 1. The lowest BCUT2D eigenvalue weighted by Crippen LogP contribution is -2.09. The Morgan fingerprint density at radius 2 is 1.37 bits per heavy atom. The standard InChI is InChI=1S/C17H18O2/c1-11-5-7-15(9-13(11)3)17(18)19-16-8-6-12(2)14(4)10-16/h5-10H,1-4H3. The molecule has 0 amide bonds. The molecule has 0 aliphatic carbocycles. The molecule has 0 saturated heterocycles. The first kappa shape index (κ1) is 13.3. The summed E-state index contributed by atoms with van der Waals surface area (Å²) in [6.07, 6.45) is 0. The molecular formula is C17H18O2. The lowest BCUT2D eigenvalue weighted by atomic mass is 10.1. The fraction of sp³-hybridized carbons (Fsp3) is 0.235. The highest BCUT2D eigenvalue weighted by molar-refractivity contribution is 5.91. The zero-order chi connectivity index (χ0) is 14.0. The zero-order valence-corrected chi connectivity index (χ0v) is 11.8. The molecule has 0 atom stereocenters. The number of rotatable bonds is 2. The van der Waals surface area contributed by atoms with Crippen LogP contribution in [0.5, 0.6) is 5.75 Å². The predicted octanol–water partition coefficient (Wildman–Crippen LogP) is 4.14. The Labute approximate surface area is 114 Å². The van der Waals surface area contributed by atoms with Crippen LogP contribution < -0.4 is 4.74 Å². The van der Waals surface area contributed by atoms with E-state index in [1.165, 1.54) is 11.1 Å².